The number of carbonyl (C=O) groups is 1. The third-order valence-electron chi connectivity index (χ3n) is 3.71. The summed E-state index contributed by atoms with van der Waals surface area (Å²) in [5.41, 5.74) is 2.22. The average molecular weight is 293 g/mol. The molecule has 0 bridgehead atoms. The highest BCUT2D eigenvalue weighted by Crippen LogP contribution is 2.13. The summed E-state index contributed by atoms with van der Waals surface area (Å²) in [5, 5.41) is 0. The molecule has 0 atom stereocenters. The molecule has 3 rings (SSSR count). The summed E-state index contributed by atoms with van der Waals surface area (Å²) < 4.78 is 0. The maximum Gasteiger partial charge on any atom is 0.320 e. The first-order valence-electron chi connectivity index (χ1n) is 7.47. The van der Waals surface area contributed by atoms with Crippen molar-refractivity contribution >= 4 is 12.1 Å². The summed E-state index contributed by atoms with van der Waals surface area (Å²) in [6.07, 6.45) is 7.65. The normalized spacial score (nSPS) is 15.0. The summed E-state index contributed by atoms with van der Waals surface area (Å²) >= 11 is 0. The van der Waals surface area contributed by atoms with Gasteiger partial charge < -0.3 is 9.80 Å². The van der Waals surface area contributed by atoms with Crippen LogP contribution in [-0.2, 0) is 6.54 Å². The van der Waals surface area contributed by atoms with E-state index in [0.717, 1.165) is 24.2 Å². The van der Waals surface area contributed by atoms with Gasteiger partial charge in [0.2, 0.25) is 0 Å². The Hall–Kier alpha value is -2.62. The van der Waals surface area contributed by atoms with E-state index >= 15 is 0 Å². The van der Waals surface area contributed by atoms with E-state index in [0.29, 0.717) is 13.1 Å². The number of urea groups is 1. The number of nitrogens with zero attached hydrogens (tertiary/aromatic N) is 3. The molecule has 4 nitrogen and oxygen atoms in total. The molecular formula is C18H19N3O. The van der Waals surface area contributed by atoms with E-state index in [-0.39, 0.29) is 6.03 Å². The van der Waals surface area contributed by atoms with Crippen molar-refractivity contribution < 1.29 is 4.79 Å². The van der Waals surface area contributed by atoms with Gasteiger partial charge in [0, 0.05) is 38.6 Å². The minimum atomic E-state index is 0.0987. The van der Waals surface area contributed by atoms with Crippen LogP contribution in [0.4, 0.5) is 4.79 Å². The highest BCUT2D eigenvalue weighted by atomic mass is 16.2. The molecule has 2 aromatic rings. The number of benzene rings is 1. The van der Waals surface area contributed by atoms with Crippen molar-refractivity contribution in [3.05, 3.63) is 72.1 Å². The number of rotatable bonds is 5. The van der Waals surface area contributed by atoms with Crippen LogP contribution < -0.4 is 0 Å². The van der Waals surface area contributed by atoms with Crippen molar-refractivity contribution in [1.29, 1.82) is 0 Å². The molecule has 22 heavy (non-hydrogen) atoms. The highest BCUT2D eigenvalue weighted by molar-refractivity contribution is 5.76. The number of aromatic nitrogens is 1. The number of carbonyl (C=O) groups excluding carboxylic acids is 1. The fourth-order valence-corrected chi connectivity index (χ4v) is 2.54. The number of pyridine rings is 1. The van der Waals surface area contributed by atoms with Gasteiger partial charge in [0.15, 0.2) is 0 Å². The zero-order valence-corrected chi connectivity index (χ0v) is 12.4. The SMILES string of the molecule is O=C1N(C/C=C/c2ccccc2)CCN1Cc1cccnc1. The van der Waals surface area contributed by atoms with Gasteiger partial charge in [0.1, 0.15) is 0 Å². The molecule has 0 spiro atoms. The molecule has 4 heteroatoms. The number of amides is 2. The van der Waals surface area contributed by atoms with Crippen LogP contribution in [0.15, 0.2) is 60.9 Å². The van der Waals surface area contributed by atoms with Crippen molar-refractivity contribution in [2.24, 2.45) is 0 Å². The lowest BCUT2D eigenvalue weighted by molar-refractivity contribution is 0.193. The lowest BCUT2D eigenvalue weighted by atomic mass is 10.2. The van der Waals surface area contributed by atoms with E-state index in [2.05, 4.69) is 23.2 Å². The molecule has 1 saturated heterocycles. The van der Waals surface area contributed by atoms with E-state index in [1.165, 1.54) is 0 Å². The van der Waals surface area contributed by atoms with Gasteiger partial charge in [-0.1, -0.05) is 48.6 Å². The third-order valence-corrected chi connectivity index (χ3v) is 3.71. The van der Waals surface area contributed by atoms with E-state index in [1.54, 1.807) is 6.20 Å². The molecule has 1 aromatic carbocycles. The molecule has 0 unspecified atom stereocenters. The Bertz CT molecular complexity index is 640. The van der Waals surface area contributed by atoms with Crippen molar-refractivity contribution in [2.45, 2.75) is 6.54 Å². The maximum absolute atomic E-state index is 12.3. The number of hydrogen-bond donors (Lipinski definition) is 0. The molecule has 2 amide bonds. The Kier molecular flexibility index (Phi) is 4.49. The Balaban J connectivity index is 1.54. The first-order chi connectivity index (χ1) is 10.8. The molecule has 0 N–H and O–H groups in total. The summed E-state index contributed by atoms with van der Waals surface area (Å²) in [6.45, 7) is 2.83. The number of hydrogen-bond acceptors (Lipinski definition) is 2. The Morgan fingerprint density at radius 2 is 1.86 bits per heavy atom. The predicted octanol–water partition coefficient (Wildman–Crippen LogP) is 3.03. The van der Waals surface area contributed by atoms with E-state index in [4.69, 9.17) is 0 Å². The van der Waals surface area contributed by atoms with Crippen LogP contribution >= 0.6 is 0 Å². The molecule has 112 valence electrons. The van der Waals surface area contributed by atoms with E-state index in [9.17, 15) is 4.79 Å². The van der Waals surface area contributed by atoms with Crippen LogP contribution in [-0.4, -0.2) is 40.4 Å². The van der Waals surface area contributed by atoms with Gasteiger partial charge in [-0.05, 0) is 17.2 Å². The van der Waals surface area contributed by atoms with Gasteiger partial charge in [-0.2, -0.15) is 0 Å². The Morgan fingerprint density at radius 1 is 1.05 bits per heavy atom. The van der Waals surface area contributed by atoms with Crippen LogP contribution in [0.5, 0.6) is 0 Å². The summed E-state index contributed by atoms with van der Waals surface area (Å²) in [4.78, 5) is 20.2. The van der Waals surface area contributed by atoms with Crippen molar-refractivity contribution in [2.75, 3.05) is 19.6 Å². The topological polar surface area (TPSA) is 36.4 Å². The lowest BCUT2D eigenvalue weighted by Crippen LogP contribution is -2.31. The maximum atomic E-state index is 12.3. The first-order valence-corrected chi connectivity index (χ1v) is 7.47. The van der Waals surface area contributed by atoms with Crippen LogP contribution in [0, 0.1) is 0 Å². The van der Waals surface area contributed by atoms with Gasteiger partial charge in [-0.15, -0.1) is 0 Å². The van der Waals surface area contributed by atoms with Gasteiger partial charge in [0.05, 0.1) is 0 Å². The predicted molar refractivity (Wildman–Crippen MR) is 87.1 cm³/mol. The lowest BCUT2D eigenvalue weighted by Gasteiger charge is -2.17. The molecular weight excluding hydrogens is 274 g/mol. The largest absolute Gasteiger partial charge is 0.320 e. The van der Waals surface area contributed by atoms with Crippen molar-refractivity contribution in [3.63, 3.8) is 0 Å². The minimum Gasteiger partial charge on any atom is -0.319 e. The summed E-state index contributed by atoms with van der Waals surface area (Å²) in [6, 6.07) is 14.1. The van der Waals surface area contributed by atoms with Gasteiger partial charge in [-0.3, -0.25) is 4.98 Å². The molecule has 2 heterocycles. The zero-order valence-electron chi connectivity index (χ0n) is 12.4. The average Bonchev–Trinajstić information content (AvgIpc) is 2.90. The smallest absolute Gasteiger partial charge is 0.319 e. The molecule has 0 saturated carbocycles. The monoisotopic (exact) mass is 293 g/mol. The molecule has 1 fully saturated rings. The molecule has 1 aliphatic heterocycles. The second-order valence-electron chi connectivity index (χ2n) is 5.32. The van der Waals surface area contributed by atoms with Gasteiger partial charge in [0.25, 0.3) is 0 Å². The van der Waals surface area contributed by atoms with Crippen LogP contribution in [0.25, 0.3) is 6.08 Å². The fourth-order valence-electron chi connectivity index (χ4n) is 2.54. The standard InChI is InChI=1S/C18H19N3O/c22-18-20(11-5-9-16-6-2-1-3-7-16)12-13-21(18)15-17-8-4-10-19-14-17/h1-10,14H,11-13,15H2/b9-5+. The van der Waals surface area contributed by atoms with Crippen LogP contribution in [0.1, 0.15) is 11.1 Å². The first kappa shape index (κ1) is 14.3. The van der Waals surface area contributed by atoms with Crippen LogP contribution in [0.2, 0.25) is 0 Å². The second-order valence-corrected chi connectivity index (χ2v) is 5.32. The summed E-state index contributed by atoms with van der Waals surface area (Å²) in [7, 11) is 0. The van der Waals surface area contributed by atoms with E-state index < -0.39 is 0 Å². The van der Waals surface area contributed by atoms with Crippen molar-refractivity contribution in [3.8, 4) is 0 Å². The summed E-state index contributed by atoms with van der Waals surface area (Å²) in [5.74, 6) is 0. The highest BCUT2D eigenvalue weighted by Gasteiger charge is 2.27. The molecule has 1 aliphatic rings. The Labute approximate surface area is 130 Å². The molecule has 0 aliphatic carbocycles. The molecule has 0 radical (unpaired) electrons. The second kappa shape index (κ2) is 6.89. The van der Waals surface area contributed by atoms with Gasteiger partial charge >= 0.3 is 6.03 Å². The van der Waals surface area contributed by atoms with Crippen molar-refractivity contribution in [1.82, 2.24) is 14.8 Å². The van der Waals surface area contributed by atoms with E-state index in [1.807, 2.05) is 52.4 Å². The third kappa shape index (κ3) is 3.52. The minimum absolute atomic E-state index is 0.0987. The molecule has 1 aromatic heterocycles. The zero-order chi connectivity index (χ0) is 15.2. The fraction of sp³-hybridized carbons (Fsp3) is 0.222. The Morgan fingerprint density at radius 3 is 2.64 bits per heavy atom. The quantitative estimate of drug-likeness (QED) is 0.849. The van der Waals surface area contributed by atoms with Crippen LogP contribution in [0.3, 0.4) is 0 Å². The van der Waals surface area contributed by atoms with Gasteiger partial charge in [-0.25, -0.2) is 4.79 Å².